The minimum atomic E-state index is -0.1000. The number of hydrogen-bond acceptors (Lipinski definition) is 6. The third-order valence-corrected chi connectivity index (χ3v) is 5.57. The molecule has 0 unspecified atom stereocenters. The number of methoxy groups -OCH3 is 1. The van der Waals surface area contributed by atoms with Crippen molar-refractivity contribution in [3.63, 3.8) is 0 Å². The number of benzene rings is 2. The van der Waals surface area contributed by atoms with Crippen molar-refractivity contribution in [3.8, 4) is 17.2 Å². The van der Waals surface area contributed by atoms with Crippen molar-refractivity contribution in [1.82, 2.24) is 19.7 Å². The number of nitrogens with one attached hydrogen (secondary N) is 1. The van der Waals surface area contributed by atoms with Crippen LogP contribution < -0.4 is 19.7 Å². The van der Waals surface area contributed by atoms with Crippen molar-refractivity contribution in [2.45, 2.75) is 20.3 Å². The van der Waals surface area contributed by atoms with Gasteiger partial charge < -0.3 is 24.6 Å². The van der Waals surface area contributed by atoms with Crippen LogP contribution in [0.25, 0.3) is 5.69 Å². The Labute approximate surface area is 193 Å². The lowest BCUT2D eigenvalue weighted by Gasteiger charge is -2.25. The molecule has 4 rings (SSSR count). The highest BCUT2D eigenvalue weighted by Crippen LogP contribution is 2.29. The van der Waals surface area contributed by atoms with Crippen LogP contribution in [0, 0.1) is 6.92 Å². The first-order chi connectivity index (χ1) is 16.1. The number of hydrogen-bond donors (Lipinski definition) is 1. The largest absolute Gasteiger partial charge is 0.497 e. The summed E-state index contributed by atoms with van der Waals surface area (Å²) in [5, 5.41) is 7.38. The topological polar surface area (TPSA) is 84.8 Å². The van der Waals surface area contributed by atoms with Crippen LogP contribution in [0.5, 0.6) is 11.5 Å². The molecule has 1 N–H and O–H groups in total. The molecular formula is C24H30N6O3. The van der Waals surface area contributed by atoms with Gasteiger partial charge in [0.05, 0.1) is 13.7 Å². The van der Waals surface area contributed by atoms with Crippen molar-refractivity contribution in [2.75, 3.05) is 50.1 Å². The molecule has 0 radical (unpaired) electrons. The van der Waals surface area contributed by atoms with E-state index in [2.05, 4.69) is 26.4 Å². The van der Waals surface area contributed by atoms with E-state index in [9.17, 15) is 4.79 Å². The zero-order valence-electron chi connectivity index (χ0n) is 19.3. The van der Waals surface area contributed by atoms with Crippen LogP contribution in [-0.2, 0) is 0 Å². The second-order valence-electron chi connectivity index (χ2n) is 7.81. The lowest BCUT2D eigenvalue weighted by Crippen LogP contribution is -2.38. The highest BCUT2D eigenvalue weighted by Gasteiger charge is 2.21. The second kappa shape index (κ2) is 10.2. The van der Waals surface area contributed by atoms with Gasteiger partial charge >= 0.3 is 6.03 Å². The molecule has 0 aliphatic carbocycles. The molecule has 3 aromatic rings. The zero-order chi connectivity index (χ0) is 23.2. The monoisotopic (exact) mass is 450 g/mol. The van der Waals surface area contributed by atoms with Gasteiger partial charge in [-0.05, 0) is 44.5 Å². The number of carbonyl (C=O) groups is 1. The minimum absolute atomic E-state index is 0.1000. The van der Waals surface area contributed by atoms with Crippen molar-refractivity contribution >= 4 is 17.4 Å². The highest BCUT2D eigenvalue weighted by atomic mass is 16.5. The van der Waals surface area contributed by atoms with Gasteiger partial charge in [0.25, 0.3) is 0 Å². The molecule has 0 spiro atoms. The van der Waals surface area contributed by atoms with E-state index < -0.39 is 0 Å². The number of amides is 2. The molecule has 33 heavy (non-hydrogen) atoms. The first-order valence-corrected chi connectivity index (χ1v) is 11.2. The maximum absolute atomic E-state index is 12.8. The summed E-state index contributed by atoms with van der Waals surface area (Å²) >= 11 is 0. The maximum Gasteiger partial charge on any atom is 0.321 e. The molecule has 1 aliphatic rings. The smallest absolute Gasteiger partial charge is 0.321 e. The predicted molar refractivity (Wildman–Crippen MR) is 128 cm³/mol. The zero-order valence-corrected chi connectivity index (χ0v) is 19.3. The molecule has 1 saturated heterocycles. The van der Waals surface area contributed by atoms with Crippen LogP contribution in [0.1, 0.15) is 19.2 Å². The number of carbonyl (C=O) groups excluding carboxylic acids is 1. The number of ether oxygens (including phenoxy) is 2. The van der Waals surface area contributed by atoms with Crippen molar-refractivity contribution < 1.29 is 14.3 Å². The van der Waals surface area contributed by atoms with Crippen LogP contribution in [-0.4, -0.2) is 65.6 Å². The van der Waals surface area contributed by atoms with Crippen LogP contribution in [0.4, 0.5) is 16.2 Å². The van der Waals surface area contributed by atoms with Gasteiger partial charge in [0.1, 0.15) is 29.3 Å². The standard InChI is InChI=1S/C24H30N6O3/c1-4-33-23-16-20(9-10-22(23)30-17-25-18(2)27-30)28-11-6-12-29(14-13-28)24(31)26-19-7-5-8-21(15-19)32-3/h5,7-10,15-17H,4,6,11-14H2,1-3H3,(H,26,31). The van der Waals surface area contributed by atoms with Gasteiger partial charge in [0, 0.05) is 49.7 Å². The normalized spacial score (nSPS) is 14.0. The SMILES string of the molecule is CCOc1cc(N2CCCN(C(=O)Nc3cccc(OC)c3)CC2)ccc1-n1cnc(C)n1. The Morgan fingerprint density at radius 2 is 2.00 bits per heavy atom. The fraction of sp³-hybridized carbons (Fsp3) is 0.375. The lowest BCUT2D eigenvalue weighted by atomic mass is 10.2. The third kappa shape index (κ3) is 5.36. The molecule has 1 fully saturated rings. The van der Waals surface area contributed by atoms with E-state index in [0.717, 1.165) is 42.3 Å². The summed E-state index contributed by atoms with van der Waals surface area (Å²) in [7, 11) is 1.61. The average Bonchev–Trinajstić information content (AvgIpc) is 3.10. The van der Waals surface area contributed by atoms with Crippen LogP contribution in [0.15, 0.2) is 48.8 Å². The fourth-order valence-corrected chi connectivity index (χ4v) is 3.90. The fourth-order valence-electron chi connectivity index (χ4n) is 3.90. The van der Waals surface area contributed by atoms with Gasteiger partial charge in [-0.15, -0.1) is 0 Å². The summed E-state index contributed by atoms with van der Waals surface area (Å²) in [4.78, 5) is 21.2. The molecular weight excluding hydrogens is 420 g/mol. The molecule has 2 aromatic carbocycles. The molecule has 1 aromatic heterocycles. The molecule has 1 aliphatic heterocycles. The molecule has 0 saturated carbocycles. The molecule has 174 valence electrons. The van der Waals surface area contributed by atoms with Gasteiger partial charge in [-0.3, -0.25) is 0 Å². The predicted octanol–water partition coefficient (Wildman–Crippen LogP) is 3.73. The van der Waals surface area contributed by atoms with E-state index in [-0.39, 0.29) is 6.03 Å². The Kier molecular flexibility index (Phi) is 6.97. The number of aromatic nitrogens is 3. The van der Waals surface area contributed by atoms with Gasteiger partial charge in [-0.2, -0.15) is 5.10 Å². The van der Waals surface area contributed by atoms with E-state index in [1.165, 1.54) is 0 Å². The van der Waals surface area contributed by atoms with E-state index in [4.69, 9.17) is 9.47 Å². The third-order valence-electron chi connectivity index (χ3n) is 5.57. The highest BCUT2D eigenvalue weighted by molar-refractivity contribution is 5.89. The Bertz CT molecular complexity index is 1100. The van der Waals surface area contributed by atoms with Crippen molar-refractivity contribution in [2.24, 2.45) is 0 Å². The van der Waals surface area contributed by atoms with E-state index in [1.807, 2.05) is 55.1 Å². The van der Waals surface area contributed by atoms with Crippen molar-refractivity contribution in [1.29, 1.82) is 0 Å². The quantitative estimate of drug-likeness (QED) is 0.616. The van der Waals surface area contributed by atoms with E-state index >= 15 is 0 Å². The summed E-state index contributed by atoms with van der Waals surface area (Å²) in [6.45, 7) is 7.30. The number of nitrogens with zero attached hydrogens (tertiary/aromatic N) is 5. The number of anilines is 2. The Balaban J connectivity index is 1.44. The molecule has 9 heteroatoms. The van der Waals surface area contributed by atoms with E-state index in [0.29, 0.717) is 31.3 Å². The summed E-state index contributed by atoms with van der Waals surface area (Å²) in [6.07, 6.45) is 2.57. The Morgan fingerprint density at radius 3 is 2.76 bits per heavy atom. The summed E-state index contributed by atoms with van der Waals surface area (Å²) in [5.74, 6) is 2.18. The molecule has 0 atom stereocenters. The number of rotatable bonds is 6. The van der Waals surface area contributed by atoms with Gasteiger partial charge in [-0.25, -0.2) is 14.5 Å². The minimum Gasteiger partial charge on any atom is -0.497 e. The number of aryl methyl sites for hydroxylation is 1. The van der Waals surface area contributed by atoms with Gasteiger partial charge in [-0.1, -0.05) is 6.07 Å². The first-order valence-electron chi connectivity index (χ1n) is 11.2. The van der Waals surface area contributed by atoms with Gasteiger partial charge in [0.2, 0.25) is 0 Å². The average molecular weight is 451 g/mol. The molecule has 0 bridgehead atoms. The summed E-state index contributed by atoms with van der Waals surface area (Å²) in [6, 6.07) is 13.4. The summed E-state index contributed by atoms with van der Waals surface area (Å²) in [5.41, 5.74) is 2.64. The Hall–Kier alpha value is -3.75. The van der Waals surface area contributed by atoms with Crippen LogP contribution in [0.2, 0.25) is 0 Å². The second-order valence-corrected chi connectivity index (χ2v) is 7.81. The van der Waals surface area contributed by atoms with Crippen LogP contribution in [0.3, 0.4) is 0 Å². The lowest BCUT2D eigenvalue weighted by molar-refractivity contribution is 0.215. The van der Waals surface area contributed by atoms with Crippen molar-refractivity contribution in [3.05, 3.63) is 54.6 Å². The van der Waals surface area contributed by atoms with Crippen LogP contribution >= 0.6 is 0 Å². The molecule has 9 nitrogen and oxygen atoms in total. The maximum atomic E-state index is 12.8. The number of urea groups is 1. The first kappa shape index (κ1) is 22.4. The Morgan fingerprint density at radius 1 is 1.12 bits per heavy atom. The summed E-state index contributed by atoms with van der Waals surface area (Å²) < 4.78 is 12.9. The van der Waals surface area contributed by atoms with Gasteiger partial charge in [0.15, 0.2) is 0 Å². The molecule has 2 amide bonds. The molecule has 2 heterocycles. The van der Waals surface area contributed by atoms with E-state index in [1.54, 1.807) is 18.1 Å².